The molecule has 2 nitrogen and oxygen atoms in total. The monoisotopic (exact) mass is 321 g/mol. The second-order valence-electron chi connectivity index (χ2n) is 4.23. The Kier molecular flexibility index (Phi) is 3.66. The van der Waals surface area contributed by atoms with Gasteiger partial charge in [0.05, 0.1) is 17.8 Å². The lowest BCUT2D eigenvalue weighted by atomic mass is 10.1. The van der Waals surface area contributed by atoms with Gasteiger partial charge in [0.15, 0.2) is 5.78 Å². The van der Waals surface area contributed by atoms with E-state index in [1.807, 2.05) is 0 Å². The lowest BCUT2D eigenvalue weighted by Crippen LogP contribution is -2.35. The lowest BCUT2D eigenvalue weighted by molar-refractivity contribution is -0.137. The van der Waals surface area contributed by atoms with Gasteiger partial charge in [-0.1, -0.05) is 0 Å². The molecule has 0 spiro atoms. The molecule has 0 aliphatic carbocycles. The number of hydrogen-bond acceptors (Lipinski definition) is 2. The minimum Gasteiger partial charge on any atom is -0.363 e. The zero-order valence-corrected chi connectivity index (χ0v) is 11.0. The maximum Gasteiger partial charge on any atom is 0.416 e. The summed E-state index contributed by atoms with van der Waals surface area (Å²) in [5.74, 6) is 0.119. The fourth-order valence-corrected chi connectivity index (χ4v) is 2.61. The number of nitrogens with zero attached hydrogens (tertiary/aromatic N) is 1. The molecule has 0 radical (unpaired) electrons. The van der Waals surface area contributed by atoms with Crippen LogP contribution in [0.25, 0.3) is 0 Å². The van der Waals surface area contributed by atoms with Crippen LogP contribution < -0.4 is 4.90 Å². The van der Waals surface area contributed by atoms with E-state index in [0.717, 1.165) is 18.6 Å². The van der Waals surface area contributed by atoms with Crippen molar-refractivity contribution in [2.24, 2.45) is 0 Å². The van der Waals surface area contributed by atoms with Gasteiger partial charge in [-0.3, -0.25) is 4.79 Å². The Balaban J connectivity index is 2.27. The Morgan fingerprint density at radius 2 is 2.00 bits per heavy atom. The van der Waals surface area contributed by atoms with Crippen molar-refractivity contribution in [3.8, 4) is 0 Å². The van der Waals surface area contributed by atoms with E-state index in [1.165, 1.54) is 6.07 Å². The summed E-state index contributed by atoms with van der Waals surface area (Å²) in [5, 5.41) is 0. The Labute approximate surface area is 111 Å². The fraction of sp³-hybridized carbons (Fsp3) is 0.417. The van der Waals surface area contributed by atoms with Gasteiger partial charge < -0.3 is 4.90 Å². The second kappa shape index (κ2) is 4.91. The van der Waals surface area contributed by atoms with Crippen LogP contribution in [-0.4, -0.2) is 18.9 Å². The first-order valence-corrected chi connectivity index (χ1v) is 6.30. The number of carbonyl (C=O) groups is 1. The van der Waals surface area contributed by atoms with Crippen molar-refractivity contribution in [2.75, 3.05) is 18.0 Å². The topological polar surface area (TPSA) is 20.3 Å². The summed E-state index contributed by atoms with van der Waals surface area (Å²) in [5.41, 5.74) is -0.0579. The molecule has 18 heavy (non-hydrogen) atoms. The number of Topliss-reactive ketones (excluding diaryl/α,β-unsaturated/α-hetero) is 1. The van der Waals surface area contributed by atoms with Gasteiger partial charge in [-0.2, -0.15) is 13.2 Å². The number of ketones is 1. The van der Waals surface area contributed by atoms with E-state index in [1.54, 1.807) is 4.90 Å². The molecule has 0 saturated carbocycles. The Morgan fingerprint density at radius 1 is 1.28 bits per heavy atom. The number of carbonyl (C=O) groups excluding carboxylic acids is 1. The first-order valence-electron chi connectivity index (χ1n) is 5.51. The largest absolute Gasteiger partial charge is 0.416 e. The highest BCUT2D eigenvalue weighted by molar-refractivity contribution is 9.10. The van der Waals surface area contributed by atoms with Crippen molar-refractivity contribution in [1.82, 2.24) is 0 Å². The summed E-state index contributed by atoms with van der Waals surface area (Å²) < 4.78 is 37.9. The van der Waals surface area contributed by atoms with Crippen LogP contribution in [0.5, 0.6) is 0 Å². The normalized spacial score (nSPS) is 17.1. The van der Waals surface area contributed by atoms with E-state index in [9.17, 15) is 18.0 Å². The van der Waals surface area contributed by atoms with Crippen molar-refractivity contribution in [3.05, 3.63) is 28.2 Å². The summed E-state index contributed by atoms with van der Waals surface area (Å²) in [6.07, 6.45) is -3.06. The number of halogens is 4. The summed E-state index contributed by atoms with van der Waals surface area (Å²) in [4.78, 5) is 13.1. The van der Waals surface area contributed by atoms with E-state index in [4.69, 9.17) is 0 Å². The van der Waals surface area contributed by atoms with Gasteiger partial charge in [-0.15, -0.1) is 0 Å². The third-order valence-electron chi connectivity index (χ3n) is 2.87. The standard InChI is InChI=1S/C12H11BrF3NO/c13-10-6-8(12(14,15)16)3-4-11(10)17-5-1-2-9(18)7-17/h3-4,6H,1-2,5,7H2. The predicted octanol–water partition coefficient (Wildman–Crippen LogP) is 3.64. The van der Waals surface area contributed by atoms with Gasteiger partial charge in [-0.25, -0.2) is 0 Å². The molecular formula is C12H11BrF3NO. The van der Waals surface area contributed by atoms with Crippen LogP contribution >= 0.6 is 15.9 Å². The average Bonchev–Trinajstić information content (AvgIpc) is 2.27. The van der Waals surface area contributed by atoms with Crippen molar-refractivity contribution in [2.45, 2.75) is 19.0 Å². The summed E-state index contributed by atoms with van der Waals surface area (Å²) in [6, 6.07) is 3.50. The highest BCUT2D eigenvalue weighted by Crippen LogP contribution is 2.35. The molecule has 0 aromatic heterocycles. The zero-order chi connectivity index (χ0) is 13.3. The van der Waals surface area contributed by atoms with Crippen molar-refractivity contribution < 1.29 is 18.0 Å². The SMILES string of the molecule is O=C1CCCN(c2ccc(C(F)(F)F)cc2Br)C1. The van der Waals surface area contributed by atoms with E-state index in [0.29, 0.717) is 23.1 Å². The van der Waals surface area contributed by atoms with Crippen LogP contribution in [0.2, 0.25) is 0 Å². The Morgan fingerprint density at radius 3 is 2.56 bits per heavy atom. The van der Waals surface area contributed by atoms with Crippen LogP contribution in [0.1, 0.15) is 18.4 Å². The summed E-state index contributed by atoms with van der Waals surface area (Å²) >= 11 is 3.14. The number of benzene rings is 1. The van der Waals surface area contributed by atoms with Gasteiger partial charge >= 0.3 is 6.18 Å². The van der Waals surface area contributed by atoms with Gasteiger partial charge in [0, 0.05) is 17.4 Å². The molecule has 1 saturated heterocycles. The number of anilines is 1. The molecule has 1 aliphatic heterocycles. The highest BCUT2D eigenvalue weighted by atomic mass is 79.9. The van der Waals surface area contributed by atoms with Gasteiger partial charge in [0.2, 0.25) is 0 Å². The van der Waals surface area contributed by atoms with Crippen LogP contribution in [0, 0.1) is 0 Å². The highest BCUT2D eigenvalue weighted by Gasteiger charge is 2.31. The summed E-state index contributed by atoms with van der Waals surface area (Å²) in [7, 11) is 0. The van der Waals surface area contributed by atoms with Crippen molar-refractivity contribution in [3.63, 3.8) is 0 Å². The van der Waals surface area contributed by atoms with Crippen LogP contribution in [0.4, 0.5) is 18.9 Å². The number of rotatable bonds is 1. The molecule has 0 amide bonds. The maximum absolute atomic E-state index is 12.5. The lowest BCUT2D eigenvalue weighted by Gasteiger charge is -2.29. The molecule has 0 atom stereocenters. The van der Waals surface area contributed by atoms with E-state index >= 15 is 0 Å². The van der Waals surface area contributed by atoms with Gasteiger partial charge in [0.25, 0.3) is 0 Å². The average molecular weight is 322 g/mol. The molecular weight excluding hydrogens is 311 g/mol. The predicted molar refractivity (Wildman–Crippen MR) is 65.6 cm³/mol. The minimum atomic E-state index is -4.35. The Bertz CT molecular complexity index is 473. The van der Waals surface area contributed by atoms with Gasteiger partial charge in [0.1, 0.15) is 0 Å². The third-order valence-corrected chi connectivity index (χ3v) is 3.50. The molecule has 1 aromatic carbocycles. The number of alkyl halides is 3. The maximum atomic E-state index is 12.5. The smallest absolute Gasteiger partial charge is 0.363 e. The molecule has 0 N–H and O–H groups in total. The van der Waals surface area contributed by atoms with Crippen LogP contribution in [0.3, 0.4) is 0 Å². The molecule has 1 aromatic rings. The number of piperidine rings is 1. The van der Waals surface area contributed by atoms with E-state index in [2.05, 4.69) is 15.9 Å². The first-order chi connectivity index (χ1) is 8.38. The molecule has 0 bridgehead atoms. The van der Waals surface area contributed by atoms with Crippen molar-refractivity contribution in [1.29, 1.82) is 0 Å². The molecule has 1 aliphatic rings. The molecule has 1 heterocycles. The minimum absolute atomic E-state index is 0.119. The molecule has 1 fully saturated rings. The van der Waals surface area contributed by atoms with Crippen molar-refractivity contribution >= 4 is 27.4 Å². The first kappa shape index (κ1) is 13.4. The zero-order valence-electron chi connectivity index (χ0n) is 9.43. The van der Waals surface area contributed by atoms with E-state index < -0.39 is 11.7 Å². The third kappa shape index (κ3) is 2.85. The molecule has 6 heteroatoms. The van der Waals surface area contributed by atoms with Gasteiger partial charge in [-0.05, 0) is 40.5 Å². The van der Waals surface area contributed by atoms with Crippen LogP contribution in [-0.2, 0) is 11.0 Å². The molecule has 0 unspecified atom stereocenters. The second-order valence-corrected chi connectivity index (χ2v) is 5.08. The molecule has 2 rings (SSSR count). The Hall–Kier alpha value is -1.04. The fourth-order valence-electron chi connectivity index (χ4n) is 1.98. The quantitative estimate of drug-likeness (QED) is 0.787. The number of hydrogen-bond donors (Lipinski definition) is 0. The summed E-state index contributed by atoms with van der Waals surface area (Å²) in [6.45, 7) is 0.958. The molecule has 98 valence electrons. The van der Waals surface area contributed by atoms with Crippen LogP contribution in [0.15, 0.2) is 22.7 Å². The van der Waals surface area contributed by atoms with E-state index in [-0.39, 0.29) is 12.3 Å².